The van der Waals surface area contributed by atoms with Crippen LogP contribution in [-0.2, 0) is 4.74 Å². The van der Waals surface area contributed by atoms with Gasteiger partial charge < -0.3 is 14.5 Å². The number of hydrogen-bond acceptors (Lipinski definition) is 5. The molecule has 1 N–H and O–H groups in total. The van der Waals surface area contributed by atoms with Crippen LogP contribution in [0.25, 0.3) is 0 Å². The minimum atomic E-state index is 0.00383. The molecular formula is C12H21N3O2. The average Bonchev–Trinajstić information content (AvgIpc) is 2.86. The number of rotatable bonds is 5. The van der Waals surface area contributed by atoms with Gasteiger partial charge in [-0.2, -0.15) is 0 Å². The number of nitrogens with zero attached hydrogens (tertiary/aromatic N) is 2. The van der Waals surface area contributed by atoms with Crippen molar-refractivity contribution in [3.63, 3.8) is 0 Å². The summed E-state index contributed by atoms with van der Waals surface area (Å²) in [5.74, 6) is 1.31. The molecule has 2 rings (SSSR count). The number of hydrogen-bond donors (Lipinski definition) is 1. The first kappa shape index (κ1) is 12.5. The van der Waals surface area contributed by atoms with E-state index in [9.17, 15) is 0 Å². The summed E-state index contributed by atoms with van der Waals surface area (Å²) >= 11 is 0. The zero-order chi connectivity index (χ0) is 12.1. The van der Waals surface area contributed by atoms with E-state index in [0.717, 1.165) is 32.4 Å². The van der Waals surface area contributed by atoms with E-state index in [-0.39, 0.29) is 12.1 Å². The van der Waals surface area contributed by atoms with E-state index in [2.05, 4.69) is 29.4 Å². The summed E-state index contributed by atoms with van der Waals surface area (Å²) in [6.45, 7) is 5.88. The van der Waals surface area contributed by atoms with E-state index in [1.807, 2.05) is 0 Å². The molecule has 2 heterocycles. The van der Waals surface area contributed by atoms with E-state index in [1.165, 1.54) is 6.42 Å². The van der Waals surface area contributed by atoms with Crippen LogP contribution in [-0.4, -0.2) is 23.3 Å². The highest BCUT2D eigenvalue weighted by Gasteiger charge is 2.24. The largest absolute Gasteiger partial charge is 0.421 e. The fourth-order valence-corrected chi connectivity index (χ4v) is 2.11. The van der Waals surface area contributed by atoms with Crippen LogP contribution in [0, 0.1) is 0 Å². The number of ether oxygens (including phenoxy) is 1. The quantitative estimate of drug-likeness (QED) is 0.854. The molecule has 2 atom stereocenters. The van der Waals surface area contributed by atoms with Gasteiger partial charge in [-0.15, -0.1) is 10.2 Å². The van der Waals surface area contributed by atoms with Crippen LogP contribution in [0.1, 0.15) is 63.5 Å². The molecule has 96 valence electrons. The highest BCUT2D eigenvalue weighted by atomic mass is 16.5. The van der Waals surface area contributed by atoms with Crippen molar-refractivity contribution in [2.24, 2.45) is 0 Å². The molecule has 1 aromatic heterocycles. The highest BCUT2D eigenvalue weighted by molar-refractivity contribution is 4.93. The van der Waals surface area contributed by atoms with Crippen LogP contribution in [0.15, 0.2) is 4.42 Å². The lowest BCUT2D eigenvalue weighted by atomic mass is 10.1. The molecule has 0 radical (unpaired) electrons. The molecule has 0 amide bonds. The van der Waals surface area contributed by atoms with Gasteiger partial charge in [0.2, 0.25) is 11.8 Å². The SMILES string of the molecule is CCNC(CC)c1nnc(C2CCCCO2)o1. The third-order valence-corrected chi connectivity index (χ3v) is 3.07. The Bertz CT molecular complexity index is 315. The van der Waals surface area contributed by atoms with E-state index >= 15 is 0 Å². The average molecular weight is 239 g/mol. The van der Waals surface area contributed by atoms with Gasteiger partial charge in [-0.05, 0) is 32.2 Å². The van der Waals surface area contributed by atoms with Crippen molar-refractivity contribution in [1.29, 1.82) is 0 Å². The molecule has 1 aliphatic rings. The van der Waals surface area contributed by atoms with Gasteiger partial charge in [0.25, 0.3) is 0 Å². The first-order valence-electron chi connectivity index (χ1n) is 6.53. The molecule has 5 heteroatoms. The molecular weight excluding hydrogens is 218 g/mol. The summed E-state index contributed by atoms with van der Waals surface area (Å²) in [7, 11) is 0. The normalized spacial score (nSPS) is 22.6. The lowest BCUT2D eigenvalue weighted by Gasteiger charge is -2.19. The maximum Gasteiger partial charge on any atom is 0.245 e. The van der Waals surface area contributed by atoms with E-state index in [4.69, 9.17) is 9.15 Å². The van der Waals surface area contributed by atoms with Crippen LogP contribution < -0.4 is 5.32 Å². The molecule has 1 aliphatic heterocycles. The van der Waals surface area contributed by atoms with Crippen molar-refractivity contribution in [1.82, 2.24) is 15.5 Å². The van der Waals surface area contributed by atoms with Crippen LogP contribution in [0.3, 0.4) is 0 Å². The molecule has 0 aromatic carbocycles. The summed E-state index contributed by atoms with van der Waals surface area (Å²) in [5.41, 5.74) is 0. The van der Waals surface area contributed by atoms with Gasteiger partial charge >= 0.3 is 0 Å². The fraction of sp³-hybridized carbons (Fsp3) is 0.833. The fourth-order valence-electron chi connectivity index (χ4n) is 2.11. The zero-order valence-electron chi connectivity index (χ0n) is 10.6. The van der Waals surface area contributed by atoms with Crippen LogP contribution in [0.5, 0.6) is 0 Å². The summed E-state index contributed by atoms with van der Waals surface area (Å²) in [4.78, 5) is 0. The maximum absolute atomic E-state index is 5.72. The topological polar surface area (TPSA) is 60.2 Å². The van der Waals surface area contributed by atoms with Gasteiger partial charge in [-0.25, -0.2) is 0 Å². The Hall–Kier alpha value is -0.940. The molecule has 1 saturated heterocycles. The number of aromatic nitrogens is 2. The van der Waals surface area contributed by atoms with Gasteiger partial charge in [-0.3, -0.25) is 0 Å². The standard InChI is InChI=1S/C12H21N3O2/c1-3-9(13-4-2)11-14-15-12(17-11)10-7-5-6-8-16-10/h9-10,13H,3-8H2,1-2H3. The van der Waals surface area contributed by atoms with Gasteiger partial charge in [0, 0.05) is 6.61 Å². The van der Waals surface area contributed by atoms with Crippen molar-refractivity contribution in [3.8, 4) is 0 Å². The lowest BCUT2D eigenvalue weighted by Crippen LogP contribution is -2.20. The Kier molecular flexibility index (Phi) is 4.50. The highest BCUT2D eigenvalue weighted by Crippen LogP contribution is 2.28. The van der Waals surface area contributed by atoms with E-state index in [1.54, 1.807) is 0 Å². The monoisotopic (exact) mass is 239 g/mol. The molecule has 1 aromatic rings. The summed E-state index contributed by atoms with van der Waals surface area (Å²) in [6.07, 6.45) is 4.24. The van der Waals surface area contributed by atoms with Crippen LogP contribution >= 0.6 is 0 Å². The van der Waals surface area contributed by atoms with Crippen molar-refractivity contribution >= 4 is 0 Å². The molecule has 0 bridgehead atoms. The zero-order valence-corrected chi connectivity index (χ0v) is 10.6. The van der Waals surface area contributed by atoms with Crippen molar-refractivity contribution in [3.05, 3.63) is 11.8 Å². The lowest BCUT2D eigenvalue weighted by molar-refractivity contribution is -0.00240. The molecule has 2 unspecified atom stereocenters. The molecule has 1 fully saturated rings. The molecule has 0 spiro atoms. The molecule has 17 heavy (non-hydrogen) atoms. The van der Waals surface area contributed by atoms with Gasteiger partial charge in [0.05, 0.1) is 6.04 Å². The Balaban J connectivity index is 2.03. The smallest absolute Gasteiger partial charge is 0.245 e. The van der Waals surface area contributed by atoms with Crippen molar-refractivity contribution in [2.75, 3.05) is 13.2 Å². The predicted octanol–water partition coefficient (Wildman–Crippen LogP) is 2.37. The second-order valence-electron chi connectivity index (χ2n) is 4.35. The van der Waals surface area contributed by atoms with Crippen LogP contribution in [0.2, 0.25) is 0 Å². The van der Waals surface area contributed by atoms with Crippen LogP contribution in [0.4, 0.5) is 0 Å². The first-order chi connectivity index (χ1) is 8.35. The first-order valence-corrected chi connectivity index (χ1v) is 6.53. The Morgan fingerprint density at radius 2 is 2.24 bits per heavy atom. The Labute approximate surface area is 102 Å². The van der Waals surface area contributed by atoms with Crippen molar-refractivity contribution < 1.29 is 9.15 Å². The minimum Gasteiger partial charge on any atom is -0.421 e. The Morgan fingerprint density at radius 3 is 2.88 bits per heavy atom. The summed E-state index contributed by atoms with van der Waals surface area (Å²) in [5, 5.41) is 11.6. The second kappa shape index (κ2) is 6.12. The number of nitrogens with one attached hydrogen (secondary N) is 1. The summed E-state index contributed by atoms with van der Waals surface area (Å²) in [6, 6.07) is 0.157. The van der Waals surface area contributed by atoms with Gasteiger partial charge in [0.15, 0.2) is 0 Å². The minimum absolute atomic E-state index is 0.00383. The third kappa shape index (κ3) is 3.04. The molecule has 0 saturated carbocycles. The van der Waals surface area contributed by atoms with Crippen molar-refractivity contribution in [2.45, 2.75) is 51.7 Å². The molecule has 0 aliphatic carbocycles. The summed E-state index contributed by atoms with van der Waals surface area (Å²) < 4.78 is 11.4. The third-order valence-electron chi connectivity index (χ3n) is 3.07. The van der Waals surface area contributed by atoms with Gasteiger partial charge in [0.1, 0.15) is 6.10 Å². The Morgan fingerprint density at radius 1 is 1.35 bits per heavy atom. The van der Waals surface area contributed by atoms with Gasteiger partial charge in [-0.1, -0.05) is 13.8 Å². The maximum atomic E-state index is 5.72. The molecule has 5 nitrogen and oxygen atoms in total. The second-order valence-corrected chi connectivity index (χ2v) is 4.35. The van der Waals surface area contributed by atoms with E-state index in [0.29, 0.717) is 11.8 Å². The predicted molar refractivity (Wildman–Crippen MR) is 63.6 cm³/mol. The van der Waals surface area contributed by atoms with E-state index < -0.39 is 0 Å².